The monoisotopic (exact) mass is 193 g/mol. The molecule has 0 aromatic rings. The second kappa shape index (κ2) is 3.72. The second-order valence-corrected chi connectivity index (χ2v) is 5.08. The lowest BCUT2D eigenvalue weighted by molar-refractivity contribution is 0.0606. The van der Waals surface area contributed by atoms with Crippen LogP contribution in [0.1, 0.15) is 12.8 Å². The molecule has 5 heteroatoms. The Balaban J connectivity index is 2.47. The highest BCUT2D eigenvalue weighted by atomic mass is 32.2. The molecule has 1 aliphatic rings. The maximum atomic E-state index is 11.1. The van der Waals surface area contributed by atoms with Crippen LogP contribution in [-0.2, 0) is 14.8 Å². The third-order valence-electron chi connectivity index (χ3n) is 2.20. The minimum Gasteiger partial charge on any atom is -0.381 e. The predicted molar refractivity (Wildman–Crippen MR) is 46.4 cm³/mol. The molecule has 0 atom stereocenters. The fourth-order valence-electron chi connectivity index (χ4n) is 1.40. The largest absolute Gasteiger partial charge is 0.381 e. The molecule has 0 N–H and O–H groups in total. The SMILES string of the molecule is COC1CCN(S(C)(=O)=O)CC1. The first-order valence-electron chi connectivity index (χ1n) is 4.02. The van der Waals surface area contributed by atoms with E-state index in [2.05, 4.69) is 0 Å². The molecule has 1 heterocycles. The van der Waals surface area contributed by atoms with Gasteiger partial charge in [-0.15, -0.1) is 0 Å². The summed E-state index contributed by atoms with van der Waals surface area (Å²) < 4.78 is 28.8. The molecule has 0 aromatic carbocycles. The van der Waals surface area contributed by atoms with Gasteiger partial charge >= 0.3 is 0 Å². The Hall–Kier alpha value is -0.130. The van der Waals surface area contributed by atoms with Crippen LogP contribution in [0.3, 0.4) is 0 Å². The zero-order valence-electron chi connectivity index (χ0n) is 7.49. The highest BCUT2D eigenvalue weighted by molar-refractivity contribution is 7.88. The van der Waals surface area contributed by atoms with Crippen molar-refractivity contribution in [2.45, 2.75) is 18.9 Å². The van der Waals surface area contributed by atoms with E-state index < -0.39 is 10.0 Å². The van der Waals surface area contributed by atoms with Gasteiger partial charge in [0.1, 0.15) is 0 Å². The van der Waals surface area contributed by atoms with E-state index in [1.165, 1.54) is 10.6 Å². The average molecular weight is 193 g/mol. The number of rotatable bonds is 2. The summed E-state index contributed by atoms with van der Waals surface area (Å²) in [6, 6.07) is 0. The van der Waals surface area contributed by atoms with E-state index in [9.17, 15) is 8.42 Å². The van der Waals surface area contributed by atoms with Gasteiger partial charge in [0.2, 0.25) is 10.0 Å². The first kappa shape index (κ1) is 9.95. The first-order valence-corrected chi connectivity index (χ1v) is 5.87. The normalized spacial score (nSPS) is 22.8. The fraction of sp³-hybridized carbons (Fsp3) is 1.00. The van der Waals surface area contributed by atoms with E-state index in [1.54, 1.807) is 7.11 Å². The van der Waals surface area contributed by atoms with Crippen LogP contribution in [0.2, 0.25) is 0 Å². The van der Waals surface area contributed by atoms with Crippen molar-refractivity contribution in [1.29, 1.82) is 0 Å². The Morgan fingerprint density at radius 1 is 1.33 bits per heavy atom. The van der Waals surface area contributed by atoms with Gasteiger partial charge in [0.05, 0.1) is 12.4 Å². The summed E-state index contributed by atoms with van der Waals surface area (Å²) in [5, 5.41) is 0. The van der Waals surface area contributed by atoms with E-state index >= 15 is 0 Å². The standard InChI is InChI=1S/C7H15NO3S/c1-11-7-3-5-8(6-4-7)12(2,9)10/h7H,3-6H2,1-2H3. The van der Waals surface area contributed by atoms with Gasteiger partial charge in [-0.3, -0.25) is 0 Å². The Morgan fingerprint density at radius 3 is 2.17 bits per heavy atom. The molecule has 1 rings (SSSR count). The zero-order chi connectivity index (χ0) is 9.19. The van der Waals surface area contributed by atoms with Crippen molar-refractivity contribution in [1.82, 2.24) is 4.31 Å². The summed E-state index contributed by atoms with van der Waals surface area (Å²) in [6.45, 7) is 1.19. The molecule has 1 aliphatic heterocycles. The summed E-state index contributed by atoms with van der Waals surface area (Å²) in [4.78, 5) is 0. The Labute approximate surface area is 73.6 Å². The molecule has 0 radical (unpaired) electrons. The van der Waals surface area contributed by atoms with Gasteiger partial charge in [0, 0.05) is 20.2 Å². The molecule has 0 aliphatic carbocycles. The van der Waals surface area contributed by atoms with E-state index in [0.29, 0.717) is 13.1 Å². The summed E-state index contributed by atoms with van der Waals surface area (Å²) in [7, 11) is -1.31. The van der Waals surface area contributed by atoms with Crippen LogP contribution in [0, 0.1) is 0 Å². The number of hydrogen-bond donors (Lipinski definition) is 0. The Kier molecular flexibility index (Phi) is 3.09. The number of hydrogen-bond acceptors (Lipinski definition) is 3. The molecule has 0 aromatic heterocycles. The van der Waals surface area contributed by atoms with Gasteiger partial charge in [0.15, 0.2) is 0 Å². The molecule has 4 nitrogen and oxygen atoms in total. The van der Waals surface area contributed by atoms with E-state index in [1.807, 2.05) is 0 Å². The molecule has 0 amide bonds. The van der Waals surface area contributed by atoms with Crippen molar-refractivity contribution in [2.24, 2.45) is 0 Å². The fourth-order valence-corrected chi connectivity index (χ4v) is 2.27. The Morgan fingerprint density at radius 2 is 1.83 bits per heavy atom. The third-order valence-corrected chi connectivity index (χ3v) is 3.51. The molecule has 0 unspecified atom stereocenters. The van der Waals surface area contributed by atoms with Crippen molar-refractivity contribution in [2.75, 3.05) is 26.5 Å². The van der Waals surface area contributed by atoms with Gasteiger partial charge in [-0.2, -0.15) is 0 Å². The smallest absolute Gasteiger partial charge is 0.211 e. The van der Waals surface area contributed by atoms with Crippen LogP contribution in [0.5, 0.6) is 0 Å². The summed E-state index contributed by atoms with van der Waals surface area (Å²) in [6.07, 6.45) is 3.11. The van der Waals surface area contributed by atoms with E-state index in [4.69, 9.17) is 4.74 Å². The van der Waals surface area contributed by atoms with Crippen molar-refractivity contribution in [3.8, 4) is 0 Å². The van der Waals surface area contributed by atoms with Crippen LogP contribution in [-0.4, -0.2) is 45.3 Å². The molecular weight excluding hydrogens is 178 g/mol. The number of nitrogens with zero attached hydrogens (tertiary/aromatic N) is 1. The van der Waals surface area contributed by atoms with Gasteiger partial charge in [-0.1, -0.05) is 0 Å². The first-order chi connectivity index (χ1) is 5.54. The molecule has 12 heavy (non-hydrogen) atoms. The molecular formula is C7H15NO3S. The van der Waals surface area contributed by atoms with Gasteiger partial charge < -0.3 is 4.74 Å². The predicted octanol–water partition coefficient (Wildman–Crippen LogP) is 0.0568. The van der Waals surface area contributed by atoms with Crippen molar-refractivity contribution < 1.29 is 13.2 Å². The number of sulfonamides is 1. The van der Waals surface area contributed by atoms with Crippen LogP contribution >= 0.6 is 0 Å². The molecule has 0 bridgehead atoms. The quantitative estimate of drug-likeness (QED) is 0.623. The second-order valence-electron chi connectivity index (χ2n) is 3.10. The maximum absolute atomic E-state index is 11.1. The van der Waals surface area contributed by atoms with Gasteiger partial charge in [-0.25, -0.2) is 12.7 Å². The third kappa shape index (κ3) is 2.43. The molecule has 0 saturated carbocycles. The average Bonchev–Trinajstić information content (AvgIpc) is 2.03. The van der Waals surface area contributed by atoms with Crippen molar-refractivity contribution in [3.05, 3.63) is 0 Å². The van der Waals surface area contributed by atoms with Crippen LogP contribution in [0.15, 0.2) is 0 Å². The lowest BCUT2D eigenvalue weighted by Crippen LogP contribution is -2.39. The lowest BCUT2D eigenvalue weighted by atomic mass is 10.1. The van der Waals surface area contributed by atoms with Crippen LogP contribution < -0.4 is 0 Å². The maximum Gasteiger partial charge on any atom is 0.211 e. The van der Waals surface area contributed by atoms with Crippen LogP contribution in [0.25, 0.3) is 0 Å². The van der Waals surface area contributed by atoms with Crippen molar-refractivity contribution >= 4 is 10.0 Å². The van der Waals surface area contributed by atoms with Gasteiger partial charge in [0.25, 0.3) is 0 Å². The van der Waals surface area contributed by atoms with E-state index in [-0.39, 0.29) is 6.10 Å². The highest BCUT2D eigenvalue weighted by Crippen LogP contribution is 2.14. The summed E-state index contributed by atoms with van der Waals surface area (Å²) in [5.41, 5.74) is 0. The zero-order valence-corrected chi connectivity index (χ0v) is 8.30. The number of methoxy groups -OCH3 is 1. The minimum atomic E-state index is -2.98. The Bertz CT molecular complexity index is 229. The number of ether oxygens (including phenoxy) is 1. The summed E-state index contributed by atoms with van der Waals surface area (Å²) in [5.74, 6) is 0. The molecule has 1 fully saturated rings. The molecule has 0 spiro atoms. The number of piperidine rings is 1. The summed E-state index contributed by atoms with van der Waals surface area (Å²) >= 11 is 0. The van der Waals surface area contributed by atoms with Crippen LogP contribution in [0.4, 0.5) is 0 Å². The topological polar surface area (TPSA) is 46.6 Å². The van der Waals surface area contributed by atoms with Gasteiger partial charge in [-0.05, 0) is 12.8 Å². The highest BCUT2D eigenvalue weighted by Gasteiger charge is 2.24. The minimum absolute atomic E-state index is 0.239. The molecule has 72 valence electrons. The van der Waals surface area contributed by atoms with E-state index in [0.717, 1.165) is 12.8 Å². The lowest BCUT2D eigenvalue weighted by Gasteiger charge is -2.29. The molecule has 1 saturated heterocycles. The van der Waals surface area contributed by atoms with Crippen molar-refractivity contribution in [3.63, 3.8) is 0 Å².